The number of nitrogens with one attached hydrogen (secondary N) is 1. The molecule has 28 heavy (non-hydrogen) atoms. The van der Waals surface area contributed by atoms with Gasteiger partial charge >= 0.3 is 0 Å². The second-order valence-corrected chi connectivity index (χ2v) is 7.40. The molecule has 0 aliphatic carbocycles. The molecular formula is C21H34N2O5. The van der Waals surface area contributed by atoms with Gasteiger partial charge in [-0.2, -0.15) is 0 Å². The first-order valence-electron chi connectivity index (χ1n) is 9.89. The average Bonchev–Trinajstić information content (AvgIpc) is 2.71. The van der Waals surface area contributed by atoms with Gasteiger partial charge in [0.1, 0.15) is 11.5 Å². The third-order valence-electron chi connectivity index (χ3n) is 5.53. The van der Waals surface area contributed by atoms with Crippen molar-refractivity contribution in [2.45, 2.75) is 44.6 Å². The van der Waals surface area contributed by atoms with Gasteiger partial charge in [-0.3, -0.25) is 9.63 Å². The Morgan fingerprint density at radius 2 is 1.93 bits per heavy atom. The van der Waals surface area contributed by atoms with Gasteiger partial charge in [0.15, 0.2) is 0 Å². The standard InChI is InChI=1S/C21H34N2O5/c1-6-7-10-28-22-20(24)17-13-16(25-4)14-19(26-5)18(17)15-21(23(2)3)8-11-27-12-9-21/h13-14H,6-12,15H2,1-5H3,(H,22,24). The van der Waals surface area contributed by atoms with Gasteiger partial charge in [-0.1, -0.05) is 13.3 Å². The number of hydrogen-bond acceptors (Lipinski definition) is 6. The number of hydroxylamine groups is 1. The molecule has 0 aromatic heterocycles. The van der Waals surface area contributed by atoms with Crippen molar-refractivity contribution >= 4 is 5.91 Å². The summed E-state index contributed by atoms with van der Waals surface area (Å²) in [6, 6.07) is 3.58. The van der Waals surface area contributed by atoms with E-state index >= 15 is 0 Å². The molecule has 1 heterocycles. The van der Waals surface area contributed by atoms with E-state index in [0.717, 1.165) is 31.2 Å². The zero-order valence-electron chi connectivity index (χ0n) is 17.8. The number of unbranched alkanes of at least 4 members (excludes halogenated alkanes) is 1. The van der Waals surface area contributed by atoms with Crippen LogP contribution in [-0.2, 0) is 16.0 Å². The number of nitrogens with zero attached hydrogens (tertiary/aromatic N) is 1. The molecule has 0 spiro atoms. The molecule has 0 bridgehead atoms. The zero-order chi connectivity index (χ0) is 20.6. The number of rotatable bonds is 10. The van der Waals surface area contributed by atoms with Crippen molar-refractivity contribution in [2.75, 3.05) is 48.1 Å². The van der Waals surface area contributed by atoms with Gasteiger partial charge in [0.25, 0.3) is 5.91 Å². The van der Waals surface area contributed by atoms with Gasteiger partial charge in [-0.15, -0.1) is 0 Å². The van der Waals surface area contributed by atoms with Gasteiger partial charge in [0.05, 0.1) is 26.4 Å². The van der Waals surface area contributed by atoms with Crippen LogP contribution in [0.4, 0.5) is 0 Å². The molecule has 0 atom stereocenters. The van der Waals surface area contributed by atoms with E-state index < -0.39 is 0 Å². The Morgan fingerprint density at radius 3 is 2.50 bits per heavy atom. The number of likely N-dealkylation sites (N-methyl/N-ethyl adjacent to an activating group) is 1. The molecule has 0 saturated carbocycles. The molecule has 1 saturated heterocycles. The minimum absolute atomic E-state index is 0.0990. The fourth-order valence-corrected chi connectivity index (χ4v) is 3.56. The Balaban J connectivity index is 2.38. The topological polar surface area (TPSA) is 69.3 Å². The maximum absolute atomic E-state index is 12.9. The van der Waals surface area contributed by atoms with E-state index in [1.807, 2.05) is 6.07 Å². The number of amides is 1. The summed E-state index contributed by atoms with van der Waals surface area (Å²) < 4.78 is 16.6. The van der Waals surface area contributed by atoms with E-state index in [-0.39, 0.29) is 11.4 Å². The number of ether oxygens (including phenoxy) is 3. The fourth-order valence-electron chi connectivity index (χ4n) is 3.56. The summed E-state index contributed by atoms with van der Waals surface area (Å²) in [5, 5.41) is 0. The van der Waals surface area contributed by atoms with Crippen molar-refractivity contribution in [3.63, 3.8) is 0 Å². The summed E-state index contributed by atoms with van der Waals surface area (Å²) in [6.07, 6.45) is 4.35. The molecule has 1 amide bonds. The van der Waals surface area contributed by atoms with E-state index in [9.17, 15) is 4.79 Å². The highest BCUT2D eigenvalue weighted by molar-refractivity contribution is 5.96. The molecule has 7 nitrogen and oxygen atoms in total. The molecule has 1 aromatic carbocycles. The van der Waals surface area contributed by atoms with Crippen LogP contribution >= 0.6 is 0 Å². The third-order valence-corrected chi connectivity index (χ3v) is 5.53. The molecule has 1 N–H and O–H groups in total. The molecule has 0 radical (unpaired) electrons. The van der Waals surface area contributed by atoms with Crippen LogP contribution in [0.2, 0.25) is 0 Å². The molecule has 1 aromatic rings. The van der Waals surface area contributed by atoms with Gasteiger partial charge in [-0.25, -0.2) is 5.48 Å². The van der Waals surface area contributed by atoms with Crippen molar-refractivity contribution < 1.29 is 23.8 Å². The van der Waals surface area contributed by atoms with Crippen LogP contribution in [-0.4, -0.2) is 64.5 Å². The molecule has 0 unspecified atom stereocenters. The molecule has 1 aliphatic rings. The summed E-state index contributed by atoms with van der Waals surface area (Å²) in [7, 11) is 7.35. The first-order valence-corrected chi connectivity index (χ1v) is 9.89. The lowest BCUT2D eigenvalue weighted by Gasteiger charge is -2.43. The van der Waals surface area contributed by atoms with Crippen molar-refractivity contribution in [2.24, 2.45) is 0 Å². The van der Waals surface area contributed by atoms with Gasteiger partial charge < -0.3 is 19.1 Å². The maximum atomic E-state index is 12.9. The maximum Gasteiger partial charge on any atom is 0.275 e. The van der Waals surface area contributed by atoms with E-state index in [1.54, 1.807) is 20.3 Å². The molecular weight excluding hydrogens is 360 g/mol. The summed E-state index contributed by atoms with van der Waals surface area (Å²) in [5.74, 6) is 0.931. The van der Waals surface area contributed by atoms with Crippen LogP contribution in [0.5, 0.6) is 11.5 Å². The average molecular weight is 395 g/mol. The number of carbonyl (C=O) groups is 1. The first-order chi connectivity index (χ1) is 13.5. The third kappa shape index (κ3) is 5.37. The van der Waals surface area contributed by atoms with Gasteiger partial charge in [0, 0.05) is 30.4 Å². The van der Waals surface area contributed by atoms with E-state index in [0.29, 0.717) is 43.3 Å². The van der Waals surface area contributed by atoms with Crippen LogP contribution in [0.25, 0.3) is 0 Å². The lowest BCUT2D eigenvalue weighted by molar-refractivity contribution is -0.00781. The van der Waals surface area contributed by atoms with Crippen LogP contribution in [0.1, 0.15) is 48.5 Å². The predicted octanol–water partition coefficient (Wildman–Crippen LogP) is 2.82. The van der Waals surface area contributed by atoms with E-state index in [2.05, 4.69) is 31.4 Å². The molecule has 7 heteroatoms. The SMILES string of the molecule is CCCCONC(=O)c1cc(OC)cc(OC)c1CC1(N(C)C)CCOCC1. The second-order valence-electron chi connectivity index (χ2n) is 7.40. The summed E-state index contributed by atoms with van der Waals surface area (Å²) in [6.45, 7) is 3.97. The monoisotopic (exact) mass is 394 g/mol. The van der Waals surface area contributed by atoms with Crippen molar-refractivity contribution in [3.05, 3.63) is 23.3 Å². The highest BCUT2D eigenvalue weighted by atomic mass is 16.6. The second kappa shape index (κ2) is 10.6. The largest absolute Gasteiger partial charge is 0.497 e. The number of hydrogen-bond donors (Lipinski definition) is 1. The quantitative estimate of drug-likeness (QED) is 0.486. The molecule has 1 aliphatic heterocycles. The normalized spacial score (nSPS) is 16.1. The summed E-state index contributed by atoms with van der Waals surface area (Å²) in [4.78, 5) is 20.5. The Labute approximate surface area is 168 Å². The Bertz CT molecular complexity index is 642. The number of carbonyl (C=O) groups excluding carboxylic acids is 1. The molecule has 158 valence electrons. The fraction of sp³-hybridized carbons (Fsp3) is 0.667. The Hall–Kier alpha value is -1.83. The van der Waals surface area contributed by atoms with Crippen molar-refractivity contribution in [3.8, 4) is 11.5 Å². The van der Waals surface area contributed by atoms with Crippen LogP contribution < -0.4 is 15.0 Å². The zero-order valence-corrected chi connectivity index (χ0v) is 17.8. The number of methoxy groups -OCH3 is 2. The van der Waals surface area contributed by atoms with Gasteiger partial charge in [-0.05, 0) is 45.8 Å². The minimum atomic E-state index is -0.288. The van der Waals surface area contributed by atoms with Crippen LogP contribution in [0.3, 0.4) is 0 Å². The summed E-state index contributed by atoms with van der Waals surface area (Å²) in [5.41, 5.74) is 3.84. The molecule has 2 rings (SSSR count). The van der Waals surface area contributed by atoms with Crippen LogP contribution in [0.15, 0.2) is 12.1 Å². The van der Waals surface area contributed by atoms with E-state index in [1.165, 1.54) is 0 Å². The minimum Gasteiger partial charge on any atom is -0.497 e. The van der Waals surface area contributed by atoms with Crippen molar-refractivity contribution in [1.82, 2.24) is 10.4 Å². The highest BCUT2D eigenvalue weighted by Gasteiger charge is 2.37. The molecule has 1 fully saturated rings. The predicted molar refractivity (Wildman–Crippen MR) is 108 cm³/mol. The smallest absolute Gasteiger partial charge is 0.275 e. The van der Waals surface area contributed by atoms with Crippen LogP contribution in [0, 0.1) is 0 Å². The van der Waals surface area contributed by atoms with Gasteiger partial charge in [0.2, 0.25) is 0 Å². The first kappa shape index (κ1) is 22.5. The van der Waals surface area contributed by atoms with Crippen molar-refractivity contribution in [1.29, 1.82) is 0 Å². The lowest BCUT2D eigenvalue weighted by atomic mass is 9.81. The van der Waals surface area contributed by atoms with E-state index in [4.69, 9.17) is 19.0 Å². The number of benzene rings is 1. The Kier molecular flexibility index (Phi) is 8.54. The Morgan fingerprint density at radius 1 is 1.21 bits per heavy atom. The lowest BCUT2D eigenvalue weighted by Crippen LogP contribution is -2.50. The summed E-state index contributed by atoms with van der Waals surface area (Å²) >= 11 is 0. The highest BCUT2D eigenvalue weighted by Crippen LogP contribution is 2.37.